The third-order valence-corrected chi connectivity index (χ3v) is 5.76. The molecule has 1 N–H and O–H groups in total. The van der Waals surface area contributed by atoms with Gasteiger partial charge in [0.2, 0.25) is 0 Å². The van der Waals surface area contributed by atoms with Gasteiger partial charge in [-0.1, -0.05) is 61.9 Å². The second-order valence-electron chi connectivity index (χ2n) is 5.36. The second-order valence-corrected chi connectivity index (χ2v) is 8.87. The number of carboxylic acids is 1. The predicted octanol–water partition coefficient (Wildman–Crippen LogP) is 5.08. The van der Waals surface area contributed by atoms with Crippen LogP contribution in [0.15, 0.2) is 56.3 Å². The van der Waals surface area contributed by atoms with E-state index >= 15 is 0 Å². The van der Waals surface area contributed by atoms with E-state index in [-0.39, 0.29) is 5.91 Å². The third kappa shape index (κ3) is 4.78. The summed E-state index contributed by atoms with van der Waals surface area (Å²) in [4.78, 5) is 25.6. The number of carboxylic acid groups (broad SMARTS) is 1. The summed E-state index contributed by atoms with van der Waals surface area (Å²) in [5, 5.41) is 8.83. The molecule has 0 aromatic heterocycles. The molecule has 138 valence electrons. The average Bonchev–Trinajstić information content (AvgIpc) is 2.87. The Morgan fingerprint density at radius 3 is 2.67 bits per heavy atom. The molecule has 27 heavy (non-hydrogen) atoms. The van der Waals surface area contributed by atoms with E-state index in [0.717, 1.165) is 8.95 Å². The molecule has 2 aromatic carbocycles. The third-order valence-electron chi connectivity index (χ3n) is 3.47. The zero-order valence-electron chi connectivity index (χ0n) is 13.5. The van der Waals surface area contributed by atoms with E-state index in [4.69, 9.17) is 22.1 Å². The number of amides is 1. The van der Waals surface area contributed by atoms with Crippen LogP contribution < -0.4 is 9.64 Å². The largest absolute Gasteiger partial charge is 0.481 e. The molecule has 0 bridgehead atoms. The summed E-state index contributed by atoms with van der Waals surface area (Å²) < 4.78 is 7.36. The van der Waals surface area contributed by atoms with Crippen molar-refractivity contribution in [2.24, 2.45) is 0 Å². The summed E-state index contributed by atoms with van der Waals surface area (Å²) >= 11 is 13.3. The maximum atomic E-state index is 12.9. The highest BCUT2D eigenvalue weighted by Gasteiger charge is 2.33. The van der Waals surface area contributed by atoms with Crippen LogP contribution in [0.5, 0.6) is 5.75 Å². The van der Waals surface area contributed by atoms with Crippen LogP contribution in [0.3, 0.4) is 0 Å². The summed E-state index contributed by atoms with van der Waals surface area (Å²) in [6.45, 7) is -0.471. The summed E-state index contributed by atoms with van der Waals surface area (Å²) in [6, 6.07) is 12.4. The molecule has 3 rings (SSSR count). The van der Waals surface area contributed by atoms with Gasteiger partial charge >= 0.3 is 5.97 Å². The van der Waals surface area contributed by atoms with Crippen molar-refractivity contribution in [1.82, 2.24) is 0 Å². The molecule has 5 nitrogen and oxygen atoms in total. The highest BCUT2D eigenvalue weighted by atomic mass is 79.9. The number of anilines is 1. The molecule has 1 fully saturated rings. The number of carbonyl (C=O) groups excluding carboxylic acids is 1. The van der Waals surface area contributed by atoms with Crippen LogP contribution in [0.2, 0.25) is 0 Å². The Bertz CT molecular complexity index is 978. The molecule has 1 saturated heterocycles. The van der Waals surface area contributed by atoms with Crippen LogP contribution in [0.25, 0.3) is 6.08 Å². The van der Waals surface area contributed by atoms with Crippen LogP contribution in [0.1, 0.15) is 5.56 Å². The molecular formula is C18H11Br2NO4S2. The van der Waals surface area contributed by atoms with Gasteiger partial charge in [0.25, 0.3) is 5.91 Å². The molecule has 0 atom stereocenters. The minimum Gasteiger partial charge on any atom is -0.481 e. The van der Waals surface area contributed by atoms with Crippen LogP contribution in [0.4, 0.5) is 5.69 Å². The Kier molecular flexibility index (Phi) is 6.36. The molecule has 0 unspecified atom stereocenters. The topological polar surface area (TPSA) is 66.8 Å². The molecule has 1 amide bonds. The zero-order valence-corrected chi connectivity index (χ0v) is 18.3. The maximum absolute atomic E-state index is 12.9. The molecule has 0 radical (unpaired) electrons. The van der Waals surface area contributed by atoms with Gasteiger partial charge in [-0.05, 0) is 42.5 Å². The van der Waals surface area contributed by atoms with Gasteiger partial charge in [0.1, 0.15) is 5.75 Å². The Hall–Kier alpha value is -1.68. The van der Waals surface area contributed by atoms with Gasteiger partial charge < -0.3 is 9.84 Å². The van der Waals surface area contributed by atoms with Gasteiger partial charge in [-0.25, -0.2) is 4.79 Å². The fourth-order valence-electron chi connectivity index (χ4n) is 2.35. The summed E-state index contributed by atoms with van der Waals surface area (Å²) in [6.07, 6.45) is 1.65. The van der Waals surface area contributed by atoms with Crippen molar-refractivity contribution >= 4 is 83.8 Å². The molecule has 0 spiro atoms. The van der Waals surface area contributed by atoms with Crippen LogP contribution in [-0.2, 0) is 9.59 Å². The van der Waals surface area contributed by atoms with Gasteiger partial charge in [0.05, 0.1) is 10.6 Å². The Morgan fingerprint density at radius 1 is 1.22 bits per heavy atom. The van der Waals surface area contributed by atoms with Crippen molar-refractivity contribution in [2.45, 2.75) is 0 Å². The van der Waals surface area contributed by atoms with E-state index in [1.807, 2.05) is 18.2 Å². The number of thioether (sulfide) groups is 1. The first-order chi connectivity index (χ1) is 12.8. The van der Waals surface area contributed by atoms with E-state index in [1.165, 1.54) is 16.7 Å². The number of hydrogen-bond donors (Lipinski definition) is 1. The fourth-order valence-corrected chi connectivity index (χ4v) is 4.41. The highest BCUT2D eigenvalue weighted by molar-refractivity contribution is 9.10. The second kappa shape index (κ2) is 8.55. The lowest BCUT2D eigenvalue weighted by atomic mass is 10.2. The number of nitrogens with zero attached hydrogens (tertiary/aromatic N) is 1. The van der Waals surface area contributed by atoms with E-state index in [2.05, 4.69) is 31.9 Å². The molecule has 2 aromatic rings. The van der Waals surface area contributed by atoms with Crippen molar-refractivity contribution in [2.75, 3.05) is 11.5 Å². The van der Waals surface area contributed by atoms with Crippen molar-refractivity contribution in [1.29, 1.82) is 0 Å². The van der Waals surface area contributed by atoms with Crippen molar-refractivity contribution in [3.05, 3.63) is 61.9 Å². The number of hydrogen-bond acceptors (Lipinski definition) is 5. The van der Waals surface area contributed by atoms with Crippen molar-refractivity contribution in [3.63, 3.8) is 0 Å². The Morgan fingerprint density at radius 2 is 1.96 bits per heavy atom. The quantitative estimate of drug-likeness (QED) is 0.431. The number of rotatable bonds is 5. The van der Waals surface area contributed by atoms with E-state index in [0.29, 0.717) is 26.2 Å². The van der Waals surface area contributed by atoms with Gasteiger partial charge in [-0.15, -0.1) is 0 Å². The van der Waals surface area contributed by atoms with Gasteiger partial charge in [-0.3, -0.25) is 9.69 Å². The standard InChI is InChI=1S/C18H11Br2NO4S2/c19-11-2-1-3-13(8-11)21-17(24)15(27-18(21)26)7-10-6-12(20)4-5-14(10)25-9-16(22)23/h1-8H,9H2,(H,22,23)/b15-7+. The van der Waals surface area contributed by atoms with Crippen molar-refractivity contribution in [3.8, 4) is 5.75 Å². The lowest BCUT2D eigenvalue weighted by Crippen LogP contribution is -2.27. The number of benzene rings is 2. The van der Waals surface area contributed by atoms with Crippen LogP contribution in [0, 0.1) is 0 Å². The molecule has 0 aliphatic carbocycles. The summed E-state index contributed by atoms with van der Waals surface area (Å²) in [5.74, 6) is -0.953. The summed E-state index contributed by atoms with van der Waals surface area (Å²) in [5.41, 5.74) is 1.26. The minimum absolute atomic E-state index is 0.243. The molecule has 1 aliphatic heterocycles. The van der Waals surface area contributed by atoms with Gasteiger partial charge in [0.15, 0.2) is 10.9 Å². The number of aliphatic carboxylic acids is 1. The van der Waals surface area contributed by atoms with Crippen LogP contribution >= 0.6 is 55.8 Å². The normalized spacial score (nSPS) is 15.5. The smallest absolute Gasteiger partial charge is 0.341 e. The molecule has 9 heteroatoms. The molecular weight excluding hydrogens is 518 g/mol. The summed E-state index contributed by atoms with van der Waals surface area (Å²) in [7, 11) is 0. The van der Waals surface area contributed by atoms with Gasteiger partial charge in [-0.2, -0.15) is 0 Å². The van der Waals surface area contributed by atoms with E-state index < -0.39 is 12.6 Å². The van der Waals surface area contributed by atoms with Gasteiger partial charge in [0, 0.05) is 14.5 Å². The monoisotopic (exact) mass is 527 g/mol. The number of ether oxygens (including phenoxy) is 1. The first-order valence-electron chi connectivity index (χ1n) is 7.53. The van der Waals surface area contributed by atoms with Crippen LogP contribution in [-0.4, -0.2) is 27.9 Å². The zero-order chi connectivity index (χ0) is 19.6. The highest BCUT2D eigenvalue weighted by Crippen LogP contribution is 2.38. The predicted molar refractivity (Wildman–Crippen MR) is 117 cm³/mol. The first-order valence-corrected chi connectivity index (χ1v) is 10.3. The number of thiocarbonyl (C=S) groups is 1. The van der Waals surface area contributed by atoms with E-state index in [1.54, 1.807) is 30.3 Å². The minimum atomic E-state index is -1.08. The maximum Gasteiger partial charge on any atom is 0.341 e. The molecule has 1 heterocycles. The SMILES string of the molecule is O=C(O)COc1ccc(Br)cc1/C=C1/SC(=S)N(c2cccc(Br)c2)C1=O. The number of halogens is 2. The Balaban J connectivity index is 1.94. The fraction of sp³-hybridized carbons (Fsp3) is 0.0556. The lowest BCUT2D eigenvalue weighted by molar-refractivity contribution is -0.139. The lowest BCUT2D eigenvalue weighted by Gasteiger charge is -2.14. The molecule has 0 saturated carbocycles. The number of carbonyl (C=O) groups is 2. The average molecular weight is 529 g/mol. The van der Waals surface area contributed by atoms with Crippen molar-refractivity contribution < 1.29 is 19.4 Å². The first kappa shape index (κ1) is 20.1. The Labute approximate surface area is 181 Å². The van der Waals surface area contributed by atoms with E-state index in [9.17, 15) is 9.59 Å². The molecule has 1 aliphatic rings.